The van der Waals surface area contributed by atoms with Gasteiger partial charge >= 0.3 is 0 Å². The molecule has 0 N–H and O–H groups in total. The van der Waals surface area contributed by atoms with Crippen molar-refractivity contribution in [3.8, 4) is 45.3 Å². The lowest BCUT2D eigenvalue weighted by molar-refractivity contribution is -0.00718. The first-order valence-electron chi connectivity index (χ1n) is 20.1. The molecule has 6 aliphatic rings. The Morgan fingerprint density at radius 3 is 1.89 bits per heavy atom. The quantitative estimate of drug-likeness (QED) is 0.182. The van der Waals surface area contributed by atoms with Crippen LogP contribution in [0.2, 0.25) is 0 Å². The second-order valence-corrected chi connectivity index (χ2v) is 18.2. The predicted molar refractivity (Wildman–Crippen MR) is 223 cm³/mol. The smallest absolute Gasteiger partial charge is 0.160 e. The minimum Gasteiger partial charge on any atom is -0.457 e. The van der Waals surface area contributed by atoms with E-state index in [0.717, 1.165) is 46.3 Å². The molecule has 6 aromatic carbocycles. The van der Waals surface area contributed by atoms with Crippen LogP contribution < -0.4 is 4.74 Å². The number of nitrogens with zero attached hydrogens (tertiary/aromatic N) is 2. The molecule has 0 unspecified atom stereocenters. The molecule has 4 heteroatoms. The Bertz CT molecular complexity index is 2840. The van der Waals surface area contributed by atoms with E-state index in [1.54, 1.807) is 0 Å². The highest BCUT2D eigenvalue weighted by Gasteiger charge is 2.53. The first kappa shape index (κ1) is 30.7. The zero-order chi connectivity index (χ0) is 35.9. The van der Waals surface area contributed by atoms with E-state index in [2.05, 4.69) is 140 Å². The van der Waals surface area contributed by atoms with E-state index >= 15 is 0 Å². The van der Waals surface area contributed by atoms with E-state index in [1.165, 1.54) is 103 Å². The summed E-state index contributed by atoms with van der Waals surface area (Å²) < 4.78 is 9.28. The largest absolute Gasteiger partial charge is 0.457 e. The normalized spacial score (nSPS) is 23.4. The van der Waals surface area contributed by atoms with Crippen LogP contribution in [0.5, 0.6) is 11.5 Å². The Morgan fingerprint density at radius 1 is 0.509 bits per heavy atom. The zero-order valence-electron chi connectivity index (χ0n) is 30.5. The summed E-state index contributed by atoms with van der Waals surface area (Å²) in [7, 11) is 0. The van der Waals surface area contributed by atoms with Gasteiger partial charge < -0.3 is 4.74 Å². The van der Waals surface area contributed by atoms with Crippen LogP contribution in [0, 0.1) is 17.8 Å². The standard InChI is InChI=1S/C51H38N2OS/c1-3-11-39-35(9-1)36-19-17-34(25-42(36)51(39)40-12-4-6-14-44(40)54-45-15-7-5-13-41(45)51)49-52-43(33-18-20-47-38(24-33)37-10-2-8-16-46(37)55-47)26-48(53-49)50-27-30-21-31(28-50)23-32(22-30)29-50/h1-20,24-26,30-32H,21-23,27-29H2/t30-,31+,32?,50?. The first-order chi connectivity index (χ1) is 27.1. The second kappa shape index (κ2) is 11.0. The van der Waals surface area contributed by atoms with Gasteiger partial charge in [0.25, 0.3) is 0 Å². The van der Waals surface area contributed by atoms with E-state index < -0.39 is 5.41 Å². The van der Waals surface area contributed by atoms with Gasteiger partial charge in [0.1, 0.15) is 11.5 Å². The van der Waals surface area contributed by atoms with Crippen LogP contribution >= 0.6 is 11.3 Å². The molecule has 2 aromatic heterocycles. The third-order valence-electron chi connectivity index (χ3n) is 14.1. The van der Waals surface area contributed by atoms with Crippen molar-refractivity contribution in [1.82, 2.24) is 9.97 Å². The molecule has 8 aromatic rings. The topological polar surface area (TPSA) is 35.0 Å². The summed E-state index contributed by atoms with van der Waals surface area (Å²) >= 11 is 1.87. The van der Waals surface area contributed by atoms with Crippen molar-refractivity contribution in [3.05, 3.63) is 167 Å². The number of benzene rings is 6. The van der Waals surface area contributed by atoms with Gasteiger partial charge in [-0.1, -0.05) is 97.1 Å². The lowest BCUT2D eigenvalue weighted by Crippen LogP contribution is -2.49. The molecular formula is C51H38N2OS. The number of aromatic nitrogens is 2. The van der Waals surface area contributed by atoms with Crippen LogP contribution in [0.25, 0.3) is 53.9 Å². The maximum Gasteiger partial charge on any atom is 0.160 e. The average Bonchev–Trinajstić information content (AvgIpc) is 3.74. The fourth-order valence-electron chi connectivity index (χ4n) is 12.3. The van der Waals surface area contributed by atoms with Crippen molar-refractivity contribution in [2.45, 2.75) is 49.4 Å². The van der Waals surface area contributed by atoms with Gasteiger partial charge in [-0.2, -0.15) is 0 Å². The fourth-order valence-corrected chi connectivity index (χ4v) is 13.4. The van der Waals surface area contributed by atoms with Crippen LogP contribution in [0.4, 0.5) is 0 Å². The maximum absolute atomic E-state index is 6.63. The molecule has 3 heterocycles. The van der Waals surface area contributed by atoms with Crippen molar-refractivity contribution in [1.29, 1.82) is 0 Å². The van der Waals surface area contributed by atoms with Gasteiger partial charge in [-0.25, -0.2) is 9.97 Å². The lowest BCUT2D eigenvalue weighted by Gasteiger charge is -2.56. The summed E-state index contributed by atoms with van der Waals surface area (Å²) in [6.07, 6.45) is 8.02. The molecule has 55 heavy (non-hydrogen) atoms. The second-order valence-electron chi connectivity index (χ2n) is 17.1. The van der Waals surface area contributed by atoms with Crippen molar-refractivity contribution >= 4 is 31.5 Å². The molecular weight excluding hydrogens is 689 g/mol. The van der Waals surface area contributed by atoms with E-state index in [4.69, 9.17) is 14.7 Å². The summed E-state index contributed by atoms with van der Waals surface area (Å²) in [5.74, 6) is 5.14. The van der Waals surface area contributed by atoms with Crippen LogP contribution in [0.15, 0.2) is 140 Å². The van der Waals surface area contributed by atoms with Crippen LogP contribution in [-0.2, 0) is 10.8 Å². The molecule has 0 atom stereocenters. The van der Waals surface area contributed by atoms with Crippen LogP contribution in [0.3, 0.4) is 0 Å². The Labute approximate surface area is 324 Å². The summed E-state index contributed by atoms with van der Waals surface area (Å²) in [4.78, 5) is 11.2. The minimum absolute atomic E-state index is 0.132. The third-order valence-corrected chi connectivity index (χ3v) is 15.2. The number of hydrogen-bond donors (Lipinski definition) is 0. The van der Waals surface area contributed by atoms with Gasteiger partial charge in [0.05, 0.1) is 16.8 Å². The monoisotopic (exact) mass is 726 g/mol. The highest BCUT2D eigenvalue weighted by molar-refractivity contribution is 7.25. The highest BCUT2D eigenvalue weighted by Crippen LogP contribution is 2.63. The number of para-hydroxylation sites is 2. The van der Waals surface area contributed by atoms with Gasteiger partial charge in [-0.3, -0.25) is 0 Å². The zero-order valence-corrected chi connectivity index (χ0v) is 31.3. The van der Waals surface area contributed by atoms with Gasteiger partial charge in [-0.15, -0.1) is 11.3 Å². The van der Waals surface area contributed by atoms with Gasteiger partial charge in [0.15, 0.2) is 5.82 Å². The summed E-state index contributed by atoms with van der Waals surface area (Å²) in [5, 5.41) is 2.63. The fraction of sp³-hybridized carbons (Fsp3) is 0.216. The van der Waals surface area contributed by atoms with E-state index in [-0.39, 0.29) is 5.41 Å². The summed E-state index contributed by atoms with van der Waals surface area (Å²) in [6.45, 7) is 0. The molecule has 0 radical (unpaired) electrons. The number of fused-ring (bicyclic) bond motifs is 12. The Hall–Kier alpha value is -5.58. The van der Waals surface area contributed by atoms with Crippen LogP contribution in [-0.4, -0.2) is 9.97 Å². The maximum atomic E-state index is 6.63. The molecule has 4 fully saturated rings. The van der Waals surface area contributed by atoms with E-state index in [1.807, 2.05) is 11.3 Å². The summed E-state index contributed by atoms with van der Waals surface area (Å²) in [5.41, 5.74) is 11.6. The van der Waals surface area contributed by atoms with Gasteiger partial charge in [-0.05, 0) is 121 Å². The Kier molecular flexibility index (Phi) is 6.15. The van der Waals surface area contributed by atoms with Crippen LogP contribution in [0.1, 0.15) is 66.5 Å². The first-order valence-corrected chi connectivity index (χ1v) is 20.9. The van der Waals surface area contributed by atoms with E-state index in [0.29, 0.717) is 0 Å². The Morgan fingerprint density at radius 2 is 1.13 bits per heavy atom. The minimum atomic E-state index is -0.529. The number of ether oxygens (including phenoxy) is 1. The molecule has 264 valence electrons. The van der Waals surface area contributed by atoms with Crippen molar-refractivity contribution in [3.63, 3.8) is 0 Å². The number of hydrogen-bond acceptors (Lipinski definition) is 4. The summed E-state index contributed by atoms with van der Waals surface area (Å²) in [6, 6.07) is 51.4. The predicted octanol–water partition coefficient (Wildman–Crippen LogP) is 13.1. The molecule has 0 amide bonds. The molecule has 4 bridgehead atoms. The molecule has 14 rings (SSSR count). The van der Waals surface area contributed by atoms with Gasteiger partial charge in [0.2, 0.25) is 0 Å². The number of thiophene rings is 1. The highest BCUT2D eigenvalue weighted by atomic mass is 32.1. The van der Waals surface area contributed by atoms with Crippen molar-refractivity contribution < 1.29 is 4.74 Å². The number of rotatable bonds is 3. The molecule has 1 aliphatic heterocycles. The van der Waals surface area contributed by atoms with E-state index in [9.17, 15) is 0 Å². The molecule has 5 aliphatic carbocycles. The average molecular weight is 727 g/mol. The SMILES string of the molecule is c1ccc2c(c1)Oc1ccccc1C21c2ccccc2-c2ccc(-c3nc(-c4ccc5sc6ccccc6c5c4)cc(C45CC6C[C@H](C4)C[C@@H](C6)C5)n3)cc21. The van der Waals surface area contributed by atoms with Crippen molar-refractivity contribution in [2.75, 3.05) is 0 Å². The molecule has 4 saturated carbocycles. The molecule has 0 saturated heterocycles. The Balaban J connectivity index is 1.05. The lowest BCUT2D eigenvalue weighted by atomic mass is 9.48. The van der Waals surface area contributed by atoms with Crippen molar-refractivity contribution in [2.24, 2.45) is 17.8 Å². The van der Waals surface area contributed by atoms with Gasteiger partial charge in [0, 0.05) is 47.8 Å². The molecule has 3 nitrogen and oxygen atoms in total. The third kappa shape index (κ3) is 4.21. The molecule has 1 spiro atoms.